The van der Waals surface area contributed by atoms with Crippen molar-refractivity contribution in [3.05, 3.63) is 63.2 Å². The molecule has 2 fully saturated rings. The average Bonchev–Trinajstić information content (AvgIpc) is 3.41. The molecule has 0 radical (unpaired) electrons. The average molecular weight is 494 g/mol. The van der Waals surface area contributed by atoms with Crippen LogP contribution in [0.15, 0.2) is 35.3 Å². The van der Waals surface area contributed by atoms with Crippen molar-refractivity contribution < 1.29 is 4.39 Å². The Hall–Kier alpha value is -3.33. The van der Waals surface area contributed by atoms with E-state index in [1.165, 1.54) is 22.7 Å². The van der Waals surface area contributed by atoms with Gasteiger partial charge in [0.25, 0.3) is 5.56 Å². The summed E-state index contributed by atoms with van der Waals surface area (Å²) in [6.45, 7) is 3.21. The lowest BCUT2D eigenvalue weighted by Crippen LogP contribution is -2.37. The third-order valence-corrected chi connectivity index (χ3v) is 8.06. The highest BCUT2D eigenvalue weighted by Crippen LogP contribution is 2.56. The summed E-state index contributed by atoms with van der Waals surface area (Å²) < 4.78 is 18.4. The number of fused-ring (bicyclic) bond motifs is 1. The van der Waals surface area contributed by atoms with Gasteiger partial charge in [-0.05, 0) is 49.4 Å². The van der Waals surface area contributed by atoms with Crippen LogP contribution in [0.1, 0.15) is 36.7 Å². The van der Waals surface area contributed by atoms with Crippen molar-refractivity contribution in [3.8, 4) is 11.3 Å². The van der Waals surface area contributed by atoms with Crippen LogP contribution in [0, 0.1) is 18.2 Å². The van der Waals surface area contributed by atoms with Crippen molar-refractivity contribution in [2.75, 3.05) is 18.0 Å². The van der Waals surface area contributed by atoms with Crippen molar-refractivity contribution in [1.29, 1.82) is 0 Å². The summed E-state index contributed by atoms with van der Waals surface area (Å²) in [5.74, 6) is 0.673. The normalized spacial score (nSPS) is 19.0. The molecule has 10 heteroatoms. The van der Waals surface area contributed by atoms with Gasteiger partial charge in [-0.25, -0.2) is 19.3 Å². The monoisotopic (exact) mass is 493 g/mol. The molecular formula is C25H25ClFN7O. The van der Waals surface area contributed by atoms with Crippen molar-refractivity contribution in [3.63, 3.8) is 0 Å². The van der Waals surface area contributed by atoms with Crippen LogP contribution in [0.2, 0.25) is 5.02 Å². The molecule has 1 spiro atoms. The zero-order valence-electron chi connectivity index (χ0n) is 19.8. The van der Waals surface area contributed by atoms with Crippen LogP contribution in [0.5, 0.6) is 0 Å². The molecule has 6 rings (SSSR count). The van der Waals surface area contributed by atoms with Gasteiger partial charge in [-0.15, -0.1) is 0 Å². The second-order valence-electron chi connectivity index (χ2n) is 9.75. The summed E-state index contributed by atoms with van der Waals surface area (Å²) in [6, 6.07) is 6.51. The Bertz CT molecular complexity index is 1540. The first kappa shape index (κ1) is 22.2. The fourth-order valence-electron chi connectivity index (χ4n) is 5.64. The van der Waals surface area contributed by atoms with Gasteiger partial charge in [0.2, 0.25) is 5.95 Å². The van der Waals surface area contributed by atoms with E-state index < -0.39 is 5.82 Å². The number of rotatable bonds is 3. The molecule has 1 atom stereocenters. The Morgan fingerprint density at radius 3 is 2.57 bits per heavy atom. The first-order valence-electron chi connectivity index (χ1n) is 11.7. The maximum Gasteiger partial charge on any atom is 0.279 e. The smallest absolute Gasteiger partial charge is 0.279 e. The lowest BCUT2D eigenvalue weighted by molar-refractivity contribution is 0.135. The summed E-state index contributed by atoms with van der Waals surface area (Å²) in [5.41, 5.74) is 2.03. The van der Waals surface area contributed by atoms with E-state index in [4.69, 9.17) is 21.6 Å². The molecule has 2 aliphatic rings. The largest absolute Gasteiger partial charge is 0.340 e. The Balaban J connectivity index is 1.54. The van der Waals surface area contributed by atoms with Crippen molar-refractivity contribution in [2.45, 2.75) is 32.1 Å². The third-order valence-electron chi connectivity index (χ3n) is 7.82. The summed E-state index contributed by atoms with van der Waals surface area (Å²) in [6.07, 6.45) is 5.25. The van der Waals surface area contributed by atoms with Gasteiger partial charge in [0, 0.05) is 55.6 Å². The highest BCUT2D eigenvalue weighted by atomic mass is 35.5. The second kappa shape index (κ2) is 7.84. The Morgan fingerprint density at radius 1 is 1.11 bits per heavy atom. The van der Waals surface area contributed by atoms with Gasteiger partial charge in [0.05, 0.1) is 0 Å². The van der Waals surface area contributed by atoms with E-state index >= 15 is 4.39 Å². The van der Waals surface area contributed by atoms with Crippen molar-refractivity contribution in [2.24, 2.45) is 19.5 Å². The highest BCUT2D eigenvalue weighted by Gasteiger charge is 2.52. The molecule has 8 nitrogen and oxygen atoms in total. The van der Waals surface area contributed by atoms with Gasteiger partial charge in [0.1, 0.15) is 22.9 Å². The summed E-state index contributed by atoms with van der Waals surface area (Å²) in [7, 11) is 3.63. The standard InChI is InChI=1S/C25H25ClFN7O/c1-14-29-21-20(16-6-5-15(26)11-18(16)27)30-24(31-22(21)23(35)32(14)2)34-12-17(19-7-10-28-33(19)3)25(13-34)8-4-9-25/h5-7,10-11,17H,4,8-9,12-13H2,1-3H3. The predicted molar refractivity (Wildman–Crippen MR) is 132 cm³/mol. The van der Waals surface area contributed by atoms with Gasteiger partial charge in [-0.1, -0.05) is 18.0 Å². The van der Waals surface area contributed by atoms with Gasteiger partial charge in [-0.3, -0.25) is 14.0 Å². The highest BCUT2D eigenvalue weighted by molar-refractivity contribution is 6.30. The zero-order valence-corrected chi connectivity index (χ0v) is 20.6. The Labute approximate surface area is 206 Å². The quantitative estimate of drug-likeness (QED) is 0.429. The summed E-state index contributed by atoms with van der Waals surface area (Å²) in [4.78, 5) is 29.4. The number of hydrogen-bond acceptors (Lipinski definition) is 6. The van der Waals surface area contributed by atoms with E-state index in [-0.39, 0.29) is 38.5 Å². The molecule has 1 saturated heterocycles. The number of benzene rings is 1. The van der Waals surface area contributed by atoms with Gasteiger partial charge >= 0.3 is 0 Å². The second-order valence-corrected chi connectivity index (χ2v) is 10.2. The Morgan fingerprint density at radius 2 is 1.91 bits per heavy atom. The van der Waals surface area contributed by atoms with E-state index in [0.29, 0.717) is 24.0 Å². The van der Waals surface area contributed by atoms with Crippen LogP contribution < -0.4 is 10.5 Å². The number of aromatic nitrogens is 6. The van der Waals surface area contributed by atoms with Crippen LogP contribution in [-0.4, -0.2) is 42.4 Å². The minimum Gasteiger partial charge on any atom is -0.340 e. The van der Waals surface area contributed by atoms with Crippen molar-refractivity contribution in [1.82, 2.24) is 29.3 Å². The number of nitrogens with zero attached hydrogens (tertiary/aromatic N) is 7. The van der Waals surface area contributed by atoms with Gasteiger partial charge in [0.15, 0.2) is 5.52 Å². The lowest BCUT2D eigenvalue weighted by Gasteiger charge is -2.42. The minimum atomic E-state index is -0.520. The van der Waals surface area contributed by atoms with E-state index in [2.05, 4.69) is 21.0 Å². The summed E-state index contributed by atoms with van der Waals surface area (Å²) in [5, 5.41) is 4.67. The Kier molecular flexibility index (Phi) is 4.96. The molecule has 180 valence electrons. The van der Waals surface area contributed by atoms with Crippen LogP contribution in [0.25, 0.3) is 22.3 Å². The van der Waals surface area contributed by atoms with Crippen LogP contribution in [0.4, 0.5) is 10.3 Å². The molecule has 0 N–H and O–H groups in total. The predicted octanol–water partition coefficient (Wildman–Crippen LogP) is 4.00. The molecule has 1 saturated carbocycles. The topological polar surface area (TPSA) is 81.7 Å². The SMILES string of the molecule is Cc1nc2c(-c3ccc(Cl)cc3F)nc(N3CC(c4ccnn4C)C4(CCC4)C3)nc2c(=O)n1C. The van der Waals surface area contributed by atoms with Crippen LogP contribution in [-0.2, 0) is 14.1 Å². The van der Waals surface area contributed by atoms with E-state index in [1.807, 2.05) is 17.9 Å². The fraction of sp³-hybridized carbons (Fsp3) is 0.400. The molecule has 4 heterocycles. The first-order chi connectivity index (χ1) is 16.8. The zero-order chi connectivity index (χ0) is 24.5. The van der Waals surface area contributed by atoms with E-state index in [0.717, 1.165) is 19.4 Å². The molecule has 1 aromatic carbocycles. The molecule has 3 aromatic heterocycles. The molecule has 1 aliphatic carbocycles. The molecule has 1 unspecified atom stereocenters. The first-order valence-corrected chi connectivity index (χ1v) is 12.1. The molecule has 0 amide bonds. The third kappa shape index (κ3) is 3.36. The number of halogens is 2. The molecule has 0 bridgehead atoms. The fourth-order valence-corrected chi connectivity index (χ4v) is 5.80. The maximum atomic E-state index is 15.1. The van der Waals surface area contributed by atoms with Crippen molar-refractivity contribution >= 4 is 28.6 Å². The van der Waals surface area contributed by atoms with E-state index in [1.54, 1.807) is 26.1 Å². The molecule has 35 heavy (non-hydrogen) atoms. The van der Waals surface area contributed by atoms with Gasteiger partial charge < -0.3 is 4.90 Å². The minimum absolute atomic E-state index is 0.119. The van der Waals surface area contributed by atoms with Gasteiger partial charge in [-0.2, -0.15) is 5.10 Å². The molecule has 4 aromatic rings. The van der Waals surface area contributed by atoms with E-state index in [9.17, 15) is 4.79 Å². The van der Waals surface area contributed by atoms with Crippen LogP contribution >= 0.6 is 11.6 Å². The lowest BCUT2D eigenvalue weighted by atomic mass is 9.62. The number of anilines is 1. The summed E-state index contributed by atoms with van der Waals surface area (Å²) >= 11 is 6.00. The number of hydrogen-bond donors (Lipinski definition) is 0. The molecule has 1 aliphatic heterocycles. The van der Waals surface area contributed by atoms with Crippen LogP contribution in [0.3, 0.4) is 0 Å². The number of aryl methyl sites for hydroxylation is 2. The maximum absolute atomic E-state index is 15.1. The molecular weight excluding hydrogens is 469 g/mol.